The normalized spacial score (nSPS) is 21.8. The van der Waals surface area contributed by atoms with Crippen LogP contribution in [0.25, 0.3) is 0 Å². The Kier molecular flexibility index (Phi) is 37.7. The number of aliphatic hydroxyl groups excluding tert-OH is 5. The van der Waals surface area contributed by atoms with Crippen molar-refractivity contribution in [2.24, 2.45) is 0 Å². The maximum atomic E-state index is 12.8. The van der Waals surface area contributed by atoms with Crippen LogP contribution in [0.5, 0.6) is 0 Å². The van der Waals surface area contributed by atoms with Gasteiger partial charge in [0.1, 0.15) is 43.2 Å². The van der Waals surface area contributed by atoms with Crippen LogP contribution in [0.15, 0.2) is 36.5 Å². The second-order valence-electron chi connectivity index (χ2n) is 17.7. The van der Waals surface area contributed by atoms with E-state index in [1.54, 1.807) is 0 Å². The van der Waals surface area contributed by atoms with Crippen LogP contribution in [-0.4, -0.2) is 98.3 Å². The molecule has 374 valence electrons. The molecule has 0 aromatic rings. The molecule has 1 aliphatic carbocycles. The Hall–Kier alpha value is -1.93. The number of rotatable bonds is 42. The van der Waals surface area contributed by atoms with Crippen LogP contribution in [0.3, 0.4) is 0 Å². The zero-order valence-electron chi connectivity index (χ0n) is 39.8. The molecule has 1 saturated carbocycles. The number of carbonyl (C=O) groups excluding carboxylic acids is 2. The molecule has 6 atom stereocenters. The average molecular weight is 931 g/mol. The van der Waals surface area contributed by atoms with E-state index in [1.807, 2.05) is 0 Å². The minimum Gasteiger partial charge on any atom is -0.462 e. The van der Waals surface area contributed by atoms with Gasteiger partial charge in [-0.2, -0.15) is 0 Å². The number of carbonyl (C=O) groups is 2. The quantitative estimate of drug-likeness (QED) is 0.0146. The van der Waals surface area contributed by atoms with Crippen LogP contribution in [0.1, 0.15) is 213 Å². The van der Waals surface area contributed by atoms with Crippen molar-refractivity contribution in [1.82, 2.24) is 0 Å². The molecule has 6 unspecified atom stereocenters. The third kappa shape index (κ3) is 31.9. The summed E-state index contributed by atoms with van der Waals surface area (Å²) in [6.45, 7) is 3.29. The van der Waals surface area contributed by atoms with Gasteiger partial charge in [-0.15, -0.1) is 0 Å². The fourth-order valence-corrected chi connectivity index (χ4v) is 8.62. The lowest BCUT2D eigenvalue weighted by molar-refractivity contribution is -0.220. The predicted molar refractivity (Wildman–Crippen MR) is 253 cm³/mol. The molecule has 14 heteroatoms. The van der Waals surface area contributed by atoms with Gasteiger partial charge in [0.15, 0.2) is 6.10 Å². The van der Waals surface area contributed by atoms with Crippen LogP contribution in [0, 0.1) is 0 Å². The summed E-state index contributed by atoms with van der Waals surface area (Å²) < 4.78 is 33.6. The van der Waals surface area contributed by atoms with E-state index in [9.17, 15) is 44.6 Å². The van der Waals surface area contributed by atoms with Gasteiger partial charge in [0, 0.05) is 12.8 Å². The fraction of sp³-hybridized carbons (Fsp3) is 0.840. The standard InChI is InChI=1S/C50H91O13P/c1-3-5-7-9-11-13-15-17-19-21-22-23-25-27-29-31-33-35-37-39-44(52)62-42(41-61-64(58,59)63-50-48(56)46(54)45(53)47(55)49(50)57)40-60-43(51)38-36-34-32-30-28-26-24-20-18-16-14-12-10-8-6-4-2/h11,13,17,19,22-23,42,45-50,53-57H,3-10,12,14-16,18,20-21,24-41H2,1-2H3,(H,58,59)/b13-11-,19-17-,23-22-. The summed E-state index contributed by atoms with van der Waals surface area (Å²) in [7, 11) is -5.12. The van der Waals surface area contributed by atoms with Gasteiger partial charge in [-0.3, -0.25) is 18.6 Å². The first-order valence-electron chi connectivity index (χ1n) is 25.3. The van der Waals surface area contributed by atoms with Crippen LogP contribution >= 0.6 is 7.82 Å². The molecule has 0 radical (unpaired) electrons. The van der Waals surface area contributed by atoms with E-state index in [1.165, 1.54) is 103 Å². The van der Waals surface area contributed by atoms with Gasteiger partial charge in [-0.25, -0.2) is 4.57 Å². The SMILES string of the molecule is CCCCC/C=C\C/C=C\C/C=C\CCCCCCCCC(=O)OC(COC(=O)CCCCCCCCCCCCCCCCCC)COP(=O)(O)OC1C(O)C(O)C(O)C(O)C1O. The Morgan fingerprint density at radius 1 is 0.484 bits per heavy atom. The van der Waals surface area contributed by atoms with E-state index in [0.29, 0.717) is 12.8 Å². The second-order valence-corrected chi connectivity index (χ2v) is 19.1. The van der Waals surface area contributed by atoms with Gasteiger partial charge in [0.05, 0.1) is 6.61 Å². The molecule has 1 fully saturated rings. The van der Waals surface area contributed by atoms with E-state index >= 15 is 0 Å². The largest absolute Gasteiger partial charge is 0.472 e. The first-order chi connectivity index (χ1) is 30.9. The fourth-order valence-electron chi connectivity index (χ4n) is 7.65. The molecule has 0 spiro atoms. The third-order valence-corrected chi connectivity index (χ3v) is 12.7. The van der Waals surface area contributed by atoms with Gasteiger partial charge in [0.2, 0.25) is 0 Å². The summed E-state index contributed by atoms with van der Waals surface area (Å²) in [6, 6.07) is 0. The second kappa shape index (κ2) is 40.2. The summed E-state index contributed by atoms with van der Waals surface area (Å²) in [6.07, 6.45) is 33.3. The Balaban J connectivity index is 2.42. The van der Waals surface area contributed by atoms with Gasteiger partial charge in [-0.05, 0) is 51.4 Å². The third-order valence-electron chi connectivity index (χ3n) is 11.7. The number of unbranched alkanes of at least 4 members (excludes halogenated alkanes) is 24. The molecular weight excluding hydrogens is 840 g/mol. The first-order valence-corrected chi connectivity index (χ1v) is 26.8. The monoisotopic (exact) mass is 931 g/mol. The number of phosphoric ester groups is 1. The van der Waals surface area contributed by atoms with E-state index in [-0.39, 0.29) is 12.8 Å². The Labute approximate surface area is 387 Å². The van der Waals surface area contributed by atoms with Crippen molar-refractivity contribution in [3.05, 3.63) is 36.5 Å². The Morgan fingerprint density at radius 3 is 1.31 bits per heavy atom. The first kappa shape index (κ1) is 60.1. The average Bonchev–Trinajstić information content (AvgIpc) is 3.28. The van der Waals surface area contributed by atoms with Crippen molar-refractivity contribution in [3.8, 4) is 0 Å². The smallest absolute Gasteiger partial charge is 0.462 e. The minimum atomic E-state index is -5.12. The Morgan fingerprint density at radius 2 is 0.844 bits per heavy atom. The lowest BCUT2D eigenvalue weighted by atomic mass is 9.85. The topological polar surface area (TPSA) is 210 Å². The van der Waals surface area contributed by atoms with E-state index in [2.05, 4.69) is 50.3 Å². The van der Waals surface area contributed by atoms with E-state index < -0.39 is 75.7 Å². The van der Waals surface area contributed by atoms with Crippen molar-refractivity contribution < 1.29 is 63.1 Å². The van der Waals surface area contributed by atoms with E-state index in [0.717, 1.165) is 70.6 Å². The lowest BCUT2D eigenvalue weighted by Crippen LogP contribution is -2.64. The highest BCUT2D eigenvalue weighted by molar-refractivity contribution is 7.47. The lowest BCUT2D eigenvalue weighted by Gasteiger charge is -2.41. The number of hydrogen-bond acceptors (Lipinski definition) is 12. The molecule has 0 saturated heterocycles. The van der Waals surface area contributed by atoms with Crippen molar-refractivity contribution in [2.45, 2.75) is 256 Å². The summed E-state index contributed by atoms with van der Waals surface area (Å²) in [4.78, 5) is 35.8. The molecule has 0 aromatic carbocycles. The highest BCUT2D eigenvalue weighted by Gasteiger charge is 2.51. The number of ether oxygens (including phenoxy) is 2. The molecule has 6 N–H and O–H groups in total. The van der Waals surface area contributed by atoms with Crippen LogP contribution < -0.4 is 0 Å². The summed E-state index contributed by atoms with van der Waals surface area (Å²) in [5.74, 6) is -1.11. The molecule has 1 rings (SSSR count). The molecule has 13 nitrogen and oxygen atoms in total. The Bertz CT molecular complexity index is 1260. The number of phosphoric acid groups is 1. The van der Waals surface area contributed by atoms with Gasteiger partial charge < -0.3 is 39.9 Å². The highest BCUT2D eigenvalue weighted by atomic mass is 31.2. The van der Waals surface area contributed by atoms with Gasteiger partial charge >= 0.3 is 19.8 Å². The molecule has 0 heterocycles. The highest BCUT2D eigenvalue weighted by Crippen LogP contribution is 2.47. The number of allylic oxidation sites excluding steroid dienone is 6. The maximum absolute atomic E-state index is 12.8. The maximum Gasteiger partial charge on any atom is 0.472 e. The van der Waals surface area contributed by atoms with Crippen molar-refractivity contribution in [2.75, 3.05) is 13.2 Å². The summed E-state index contributed by atoms with van der Waals surface area (Å²) in [5.41, 5.74) is 0. The number of hydrogen-bond donors (Lipinski definition) is 6. The van der Waals surface area contributed by atoms with Gasteiger partial charge in [-0.1, -0.05) is 185 Å². The van der Waals surface area contributed by atoms with E-state index in [4.69, 9.17) is 18.5 Å². The zero-order chi connectivity index (χ0) is 47.1. The predicted octanol–water partition coefficient (Wildman–Crippen LogP) is 10.6. The summed E-state index contributed by atoms with van der Waals surface area (Å²) >= 11 is 0. The van der Waals surface area contributed by atoms with Crippen molar-refractivity contribution in [3.63, 3.8) is 0 Å². The number of esters is 2. The number of aliphatic hydroxyl groups is 5. The molecule has 0 amide bonds. The molecule has 0 bridgehead atoms. The molecule has 0 aliphatic heterocycles. The van der Waals surface area contributed by atoms with Crippen LogP contribution in [-0.2, 0) is 32.7 Å². The zero-order valence-corrected chi connectivity index (χ0v) is 40.7. The molecule has 1 aliphatic rings. The minimum absolute atomic E-state index is 0.0837. The van der Waals surface area contributed by atoms with Gasteiger partial charge in [0.25, 0.3) is 0 Å². The van der Waals surface area contributed by atoms with Crippen LogP contribution in [0.2, 0.25) is 0 Å². The van der Waals surface area contributed by atoms with Crippen molar-refractivity contribution in [1.29, 1.82) is 0 Å². The molecular formula is C50H91O13P. The van der Waals surface area contributed by atoms with Crippen LogP contribution in [0.4, 0.5) is 0 Å². The molecule has 0 aromatic heterocycles. The van der Waals surface area contributed by atoms with Crippen molar-refractivity contribution >= 4 is 19.8 Å². The molecule has 64 heavy (non-hydrogen) atoms. The summed E-state index contributed by atoms with van der Waals surface area (Å²) in [5, 5.41) is 50.2.